The van der Waals surface area contributed by atoms with Gasteiger partial charge in [-0.05, 0) is 63.6 Å². The molecule has 0 radical (unpaired) electrons. The number of anilines is 2. The third-order valence-corrected chi connectivity index (χ3v) is 6.67. The molecule has 9 nitrogen and oxygen atoms in total. The maximum Gasteiger partial charge on any atom is 0.243 e. The van der Waals surface area contributed by atoms with Crippen LogP contribution in [0.5, 0.6) is 0 Å². The van der Waals surface area contributed by atoms with E-state index in [1.165, 1.54) is 0 Å². The number of aliphatic hydroxyl groups excluding tert-OH is 1. The molecule has 0 bridgehead atoms. The lowest BCUT2D eigenvalue weighted by Gasteiger charge is -2.29. The van der Waals surface area contributed by atoms with Gasteiger partial charge in [-0.15, -0.1) is 5.10 Å². The number of fused-ring (bicyclic) bond motifs is 1. The van der Waals surface area contributed by atoms with Crippen molar-refractivity contribution < 1.29 is 9.84 Å². The Hall–Kier alpha value is -3.04. The van der Waals surface area contributed by atoms with Crippen molar-refractivity contribution in [2.75, 3.05) is 30.9 Å². The maximum atomic E-state index is 8.96. The second-order valence-corrected chi connectivity index (χ2v) is 9.48. The van der Waals surface area contributed by atoms with Gasteiger partial charge in [0.25, 0.3) is 0 Å². The number of hydrogen-bond donors (Lipinski definition) is 3. The number of aromatic nitrogens is 4. The minimum atomic E-state index is 0.0721. The van der Waals surface area contributed by atoms with Crippen LogP contribution >= 0.6 is 0 Å². The van der Waals surface area contributed by atoms with E-state index in [0.717, 1.165) is 65.4 Å². The molecular formula is C26H37N7O2. The highest BCUT2D eigenvalue weighted by Crippen LogP contribution is 2.31. The van der Waals surface area contributed by atoms with Gasteiger partial charge in [0.2, 0.25) is 5.95 Å². The van der Waals surface area contributed by atoms with Gasteiger partial charge in [-0.3, -0.25) is 9.98 Å². The van der Waals surface area contributed by atoms with Crippen LogP contribution in [-0.2, 0) is 4.74 Å². The van der Waals surface area contributed by atoms with Gasteiger partial charge in [0, 0.05) is 30.6 Å². The largest absolute Gasteiger partial charge is 0.394 e. The molecule has 0 aromatic carbocycles. The van der Waals surface area contributed by atoms with E-state index in [1.807, 2.05) is 42.9 Å². The normalized spacial score (nSPS) is 18.9. The van der Waals surface area contributed by atoms with Gasteiger partial charge in [0.05, 0.1) is 36.4 Å². The molecule has 4 rings (SSSR count). The zero-order chi connectivity index (χ0) is 24.9. The monoisotopic (exact) mass is 479 g/mol. The number of rotatable bonds is 9. The summed E-state index contributed by atoms with van der Waals surface area (Å²) in [5.41, 5.74) is 5.62. The molecule has 3 aromatic rings. The van der Waals surface area contributed by atoms with E-state index in [-0.39, 0.29) is 12.7 Å². The van der Waals surface area contributed by atoms with Crippen LogP contribution in [0.4, 0.5) is 17.5 Å². The molecule has 1 fully saturated rings. The highest BCUT2D eigenvalue weighted by molar-refractivity contribution is 5.89. The summed E-state index contributed by atoms with van der Waals surface area (Å²) in [6.07, 6.45) is 6.08. The molecule has 0 spiro atoms. The van der Waals surface area contributed by atoms with Gasteiger partial charge in [0.15, 0.2) is 5.82 Å². The van der Waals surface area contributed by atoms with Gasteiger partial charge in [0.1, 0.15) is 5.52 Å². The first-order valence-corrected chi connectivity index (χ1v) is 12.5. The van der Waals surface area contributed by atoms with Crippen molar-refractivity contribution in [2.24, 2.45) is 10.9 Å². The quantitative estimate of drug-likeness (QED) is 0.384. The zero-order valence-electron chi connectivity index (χ0n) is 21.4. The van der Waals surface area contributed by atoms with Gasteiger partial charge < -0.3 is 20.5 Å². The number of aliphatic imine (C=N–C) groups is 1. The fraction of sp³-hybridized carbons (Fsp3) is 0.538. The smallest absolute Gasteiger partial charge is 0.243 e. The molecule has 188 valence electrons. The van der Waals surface area contributed by atoms with E-state index in [0.29, 0.717) is 24.5 Å². The lowest BCUT2D eigenvalue weighted by atomic mass is 9.93. The Morgan fingerprint density at radius 2 is 1.97 bits per heavy atom. The molecular weight excluding hydrogens is 442 g/mol. The summed E-state index contributed by atoms with van der Waals surface area (Å²) in [6, 6.07) is 6.37. The summed E-state index contributed by atoms with van der Waals surface area (Å²) in [5.74, 6) is 1.75. The van der Waals surface area contributed by atoms with Crippen molar-refractivity contribution in [3.63, 3.8) is 0 Å². The van der Waals surface area contributed by atoms with Gasteiger partial charge in [-0.1, -0.05) is 13.8 Å². The zero-order valence-corrected chi connectivity index (χ0v) is 21.4. The minimum absolute atomic E-state index is 0.0721. The minimum Gasteiger partial charge on any atom is -0.394 e. The van der Waals surface area contributed by atoms with Crippen molar-refractivity contribution in [2.45, 2.75) is 65.5 Å². The van der Waals surface area contributed by atoms with Crippen LogP contribution in [0.25, 0.3) is 16.8 Å². The summed E-state index contributed by atoms with van der Waals surface area (Å²) in [6.45, 7) is 8.82. The Morgan fingerprint density at radius 1 is 1.20 bits per heavy atom. The summed E-state index contributed by atoms with van der Waals surface area (Å²) in [5, 5.41) is 20.4. The van der Waals surface area contributed by atoms with Crippen molar-refractivity contribution in [1.82, 2.24) is 19.6 Å². The van der Waals surface area contributed by atoms with Gasteiger partial charge in [-0.2, -0.15) is 4.98 Å². The first-order chi connectivity index (χ1) is 16.9. The number of ether oxygens (including phenoxy) is 1. The van der Waals surface area contributed by atoms with Crippen LogP contribution in [0.15, 0.2) is 29.4 Å². The number of aryl methyl sites for hydroxylation is 1. The van der Waals surface area contributed by atoms with Crippen LogP contribution in [0.2, 0.25) is 0 Å². The molecule has 0 atom stereocenters. The highest BCUT2D eigenvalue weighted by Gasteiger charge is 2.23. The SMILES string of the molecule is CNc1nc(NC2CCC(OCCO)CC2)nn2ccc(-c3ccc(N=C(C)C(C)C)c(C)n3)c12. The Kier molecular flexibility index (Phi) is 7.97. The third kappa shape index (κ3) is 5.79. The van der Waals surface area contributed by atoms with Crippen molar-refractivity contribution in [3.8, 4) is 11.3 Å². The Labute approximate surface area is 207 Å². The molecule has 0 amide bonds. The summed E-state index contributed by atoms with van der Waals surface area (Å²) in [7, 11) is 1.87. The van der Waals surface area contributed by atoms with Gasteiger partial charge >= 0.3 is 0 Å². The van der Waals surface area contributed by atoms with E-state index in [9.17, 15) is 0 Å². The maximum absolute atomic E-state index is 8.96. The molecule has 1 aliphatic rings. The van der Waals surface area contributed by atoms with Crippen LogP contribution < -0.4 is 10.6 Å². The fourth-order valence-corrected chi connectivity index (χ4v) is 4.38. The lowest BCUT2D eigenvalue weighted by molar-refractivity contribution is 0.00719. The number of aliphatic hydroxyl groups is 1. The average molecular weight is 480 g/mol. The number of pyridine rings is 1. The molecule has 1 aliphatic carbocycles. The van der Waals surface area contributed by atoms with Gasteiger partial charge in [-0.25, -0.2) is 4.52 Å². The first kappa shape index (κ1) is 25.1. The second kappa shape index (κ2) is 11.1. The van der Waals surface area contributed by atoms with Crippen LogP contribution in [-0.4, -0.2) is 62.8 Å². The van der Waals surface area contributed by atoms with Crippen molar-refractivity contribution >= 4 is 28.7 Å². The molecule has 0 aliphatic heterocycles. The average Bonchev–Trinajstić information content (AvgIpc) is 3.28. The fourth-order valence-electron chi connectivity index (χ4n) is 4.38. The summed E-state index contributed by atoms with van der Waals surface area (Å²) >= 11 is 0. The highest BCUT2D eigenvalue weighted by atomic mass is 16.5. The van der Waals surface area contributed by atoms with Crippen LogP contribution in [0.3, 0.4) is 0 Å². The van der Waals surface area contributed by atoms with Crippen molar-refractivity contribution in [3.05, 3.63) is 30.1 Å². The third-order valence-electron chi connectivity index (χ3n) is 6.67. The molecule has 1 saturated carbocycles. The molecule has 3 aromatic heterocycles. The van der Waals surface area contributed by atoms with E-state index in [1.54, 1.807) is 0 Å². The predicted octanol–water partition coefficient (Wildman–Crippen LogP) is 4.62. The molecule has 3 N–H and O–H groups in total. The number of hydrogen-bond acceptors (Lipinski definition) is 8. The molecule has 0 unspecified atom stereocenters. The van der Waals surface area contributed by atoms with Crippen LogP contribution in [0.1, 0.15) is 52.1 Å². The van der Waals surface area contributed by atoms with E-state index in [2.05, 4.69) is 31.4 Å². The predicted molar refractivity (Wildman–Crippen MR) is 141 cm³/mol. The Bertz CT molecular complexity index is 1180. The van der Waals surface area contributed by atoms with E-state index in [4.69, 9.17) is 29.9 Å². The van der Waals surface area contributed by atoms with Crippen molar-refractivity contribution in [1.29, 1.82) is 0 Å². The summed E-state index contributed by atoms with van der Waals surface area (Å²) in [4.78, 5) is 14.4. The van der Waals surface area contributed by atoms with E-state index >= 15 is 0 Å². The topological polar surface area (TPSA) is 109 Å². The molecule has 0 saturated heterocycles. The number of nitrogens with zero attached hydrogens (tertiary/aromatic N) is 5. The number of nitrogens with one attached hydrogen (secondary N) is 2. The molecule has 9 heteroatoms. The van der Waals surface area contributed by atoms with Crippen LogP contribution in [0, 0.1) is 12.8 Å². The Morgan fingerprint density at radius 3 is 2.63 bits per heavy atom. The first-order valence-electron chi connectivity index (χ1n) is 12.5. The lowest BCUT2D eigenvalue weighted by Crippen LogP contribution is -2.31. The molecule has 35 heavy (non-hydrogen) atoms. The summed E-state index contributed by atoms with van der Waals surface area (Å²) < 4.78 is 7.54. The second-order valence-electron chi connectivity index (χ2n) is 9.48. The Balaban J connectivity index is 1.55. The molecule has 3 heterocycles. The standard InChI is InChI=1S/C26H37N7O2/c1-16(2)17(3)28-22-10-11-23(29-18(22)4)21-12-13-33-24(21)25(27-5)31-26(32-33)30-19-6-8-20(9-7-19)35-15-14-34/h10-13,16,19-20,34H,6-9,14-15H2,1-5H3,(H2,27,30,31,32). The van der Waals surface area contributed by atoms with E-state index < -0.39 is 0 Å².